The summed E-state index contributed by atoms with van der Waals surface area (Å²) in [6.45, 7) is 2.61. The van der Waals surface area contributed by atoms with Gasteiger partial charge in [0.2, 0.25) is 5.69 Å². The number of esters is 1. The van der Waals surface area contributed by atoms with Crippen LogP contribution in [0.1, 0.15) is 49.5 Å². The summed E-state index contributed by atoms with van der Waals surface area (Å²) in [4.78, 5) is 11.9. The van der Waals surface area contributed by atoms with Gasteiger partial charge in [-0.05, 0) is 37.8 Å². The number of halogens is 1. The third-order valence-corrected chi connectivity index (χ3v) is 4.62. The molecule has 0 amide bonds. The zero-order valence-corrected chi connectivity index (χ0v) is 15.4. The number of carbonyl (C=O) groups is 1. The Morgan fingerprint density at radius 1 is 1.31 bits per heavy atom. The zero-order chi connectivity index (χ0) is 18.4. The number of hydrogen-bond acceptors (Lipinski definition) is 6. The standard InChI is InChI=1S/C18H22ClN3O4/c1-2-24-18(23)16-17(21-22-20-16)26-13-8-9-14(19)15(10-13)25-11-12-6-4-3-5-7-12/h8-10,12H,2-7,11H2,1H3,(H,20,21,22). The maximum atomic E-state index is 11.9. The molecule has 26 heavy (non-hydrogen) atoms. The first kappa shape index (κ1) is 18.5. The number of H-pyrrole nitrogens is 1. The number of nitrogens with zero attached hydrogens (tertiary/aromatic N) is 2. The van der Waals surface area contributed by atoms with Crippen molar-refractivity contribution in [1.29, 1.82) is 0 Å². The summed E-state index contributed by atoms with van der Waals surface area (Å²) in [5, 5.41) is 10.4. The fourth-order valence-corrected chi connectivity index (χ4v) is 3.13. The molecule has 2 aromatic rings. The maximum absolute atomic E-state index is 11.9. The van der Waals surface area contributed by atoms with E-state index in [-0.39, 0.29) is 18.2 Å². The Morgan fingerprint density at radius 3 is 2.88 bits per heavy atom. The van der Waals surface area contributed by atoms with Crippen molar-refractivity contribution in [2.45, 2.75) is 39.0 Å². The summed E-state index contributed by atoms with van der Waals surface area (Å²) in [5.74, 6) is 1.04. The molecule has 1 aliphatic rings. The quantitative estimate of drug-likeness (QED) is 0.718. The molecule has 0 spiro atoms. The highest BCUT2D eigenvalue weighted by Gasteiger charge is 2.20. The average Bonchev–Trinajstić information content (AvgIpc) is 3.11. The lowest BCUT2D eigenvalue weighted by atomic mass is 9.90. The minimum atomic E-state index is -0.574. The van der Waals surface area contributed by atoms with Gasteiger partial charge in [-0.1, -0.05) is 41.2 Å². The van der Waals surface area contributed by atoms with Crippen molar-refractivity contribution in [3.8, 4) is 17.4 Å². The summed E-state index contributed by atoms with van der Waals surface area (Å²) in [6, 6.07) is 5.06. The summed E-state index contributed by atoms with van der Waals surface area (Å²) >= 11 is 6.23. The van der Waals surface area contributed by atoms with E-state index in [2.05, 4.69) is 15.4 Å². The van der Waals surface area contributed by atoms with Crippen LogP contribution in [-0.2, 0) is 4.74 Å². The molecule has 1 aliphatic carbocycles. The van der Waals surface area contributed by atoms with Crippen LogP contribution in [0, 0.1) is 5.92 Å². The van der Waals surface area contributed by atoms with Gasteiger partial charge in [-0.3, -0.25) is 0 Å². The monoisotopic (exact) mass is 379 g/mol. The predicted molar refractivity (Wildman–Crippen MR) is 95.9 cm³/mol. The van der Waals surface area contributed by atoms with Gasteiger partial charge in [0.1, 0.15) is 11.5 Å². The molecule has 7 nitrogen and oxygen atoms in total. The van der Waals surface area contributed by atoms with Crippen molar-refractivity contribution < 1.29 is 19.0 Å². The van der Waals surface area contributed by atoms with Crippen molar-refractivity contribution in [2.75, 3.05) is 13.2 Å². The van der Waals surface area contributed by atoms with Crippen LogP contribution < -0.4 is 9.47 Å². The molecule has 0 bridgehead atoms. The molecule has 8 heteroatoms. The van der Waals surface area contributed by atoms with Crippen LogP contribution in [0.25, 0.3) is 0 Å². The van der Waals surface area contributed by atoms with Crippen molar-refractivity contribution in [1.82, 2.24) is 15.4 Å². The molecule has 1 N–H and O–H groups in total. The van der Waals surface area contributed by atoms with Gasteiger partial charge in [0.05, 0.1) is 18.2 Å². The summed E-state index contributed by atoms with van der Waals surface area (Å²) in [7, 11) is 0. The Kier molecular flexibility index (Phi) is 6.33. The van der Waals surface area contributed by atoms with Gasteiger partial charge in [0.15, 0.2) is 0 Å². The van der Waals surface area contributed by atoms with E-state index in [1.165, 1.54) is 32.1 Å². The Bertz CT molecular complexity index is 744. The topological polar surface area (TPSA) is 86.3 Å². The van der Waals surface area contributed by atoms with Gasteiger partial charge < -0.3 is 14.2 Å². The first-order chi connectivity index (χ1) is 12.7. The Balaban J connectivity index is 1.67. The number of aromatic nitrogens is 3. The number of benzene rings is 1. The lowest BCUT2D eigenvalue weighted by molar-refractivity contribution is 0.0516. The van der Waals surface area contributed by atoms with Gasteiger partial charge in [-0.25, -0.2) is 9.89 Å². The van der Waals surface area contributed by atoms with E-state index in [1.807, 2.05) is 0 Å². The first-order valence-electron chi connectivity index (χ1n) is 8.85. The molecule has 1 saturated carbocycles. The average molecular weight is 380 g/mol. The van der Waals surface area contributed by atoms with Crippen molar-refractivity contribution >= 4 is 17.6 Å². The molecule has 0 atom stereocenters. The predicted octanol–water partition coefficient (Wildman–Crippen LogP) is 4.39. The highest BCUT2D eigenvalue weighted by molar-refractivity contribution is 6.32. The third kappa shape index (κ3) is 4.66. The minimum Gasteiger partial charge on any atom is -0.492 e. The SMILES string of the molecule is CCOC(=O)c1[nH]nnc1Oc1ccc(Cl)c(OCC2CCCCC2)c1. The molecular formula is C18H22ClN3O4. The van der Waals surface area contributed by atoms with Crippen LogP contribution in [-0.4, -0.2) is 34.6 Å². The zero-order valence-electron chi connectivity index (χ0n) is 14.7. The van der Waals surface area contributed by atoms with Gasteiger partial charge in [-0.2, -0.15) is 0 Å². The van der Waals surface area contributed by atoms with E-state index in [9.17, 15) is 4.79 Å². The number of carbonyl (C=O) groups excluding carboxylic acids is 1. The molecule has 1 fully saturated rings. The summed E-state index contributed by atoms with van der Waals surface area (Å²) in [6.07, 6.45) is 6.20. The normalized spacial score (nSPS) is 14.8. The minimum absolute atomic E-state index is 0.0454. The molecule has 1 aromatic carbocycles. The third-order valence-electron chi connectivity index (χ3n) is 4.31. The lowest BCUT2D eigenvalue weighted by Gasteiger charge is -2.22. The smallest absolute Gasteiger partial charge is 0.362 e. The van der Waals surface area contributed by atoms with Crippen LogP contribution >= 0.6 is 11.6 Å². The molecule has 0 unspecified atom stereocenters. The van der Waals surface area contributed by atoms with Crippen molar-refractivity contribution in [3.63, 3.8) is 0 Å². The van der Waals surface area contributed by atoms with Crippen LogP contribution in [0.3, 0.4) is 0 Å². The van der Waals surface area contributed by atoms with E-state index >= 15 is 0 Å². The fraction of sp³-hybridized carbons (Fsp3) is 0.500. The molecule has 0 aliphatic heterocycles. The van der Waals surface area contributed by atoms with Gasteiger partial charge in [0, 0.05) is 6.07 Å². The number of ether oxygens (including phenoxy) is 3. The Labute approximate surface area is 157 Å². The van der Waals surface area contributed by atoms with E-state index in [4.69, 9.17) is 25.8 Å². The Morgan fingerprint density at radius 2 is 2.12 bits per heavy atom. The number of aromatic amines is 1. The van der Waals surface area contributed by atoms with E-state index in [0.29, 0.717) is 29.0 Å². The summed E-state index contributed by atoms with van der Waals surface area (Å²) < 4.78 is 16.5. The molecule has 3 rings (SSSR count). The van der Waals surface area contributed by atoms with Crippen LogP contribution in [0.15, 0.2) is 18.2 Å². The highest BCUT2D eigenvalue weighted by Crippen LogP contribution is 2.33. The van der Waals surface area contributed by atoms with Crippen molar-refractivity contribution in [3.05, 3.63) is 28.9 Å². The second-order valence-electron chi connectivity index (χ2n) is 6.22. The second-order valence-corrected chi connectivity index (χ2v) is 6.63. The van der Waals surface area contributed by atoms with Gasteiger partial charge in [0.25, 0.3) is 5.88 Å². The maximum Gasteiger partial charge on any atom is 0.362 e. The number of hydrogen-bond donors (Lipinski definition) is 1. The second kappa shape index (κ2) is 8.89. The molecule has 0 saturated heterocycles. The largest absolute Gasteiger partial charge is 0.492 e. The molecule has 1 aromatic heterocycles. The van der Waals surface area contributed by atoms with E-state index in [0.717, 1.165) is 0 Å². The van der Waals surface area contributed by atoms with E-state index < -0.39 is 5.97 Å². The number of nitrogens with one attached hydrogen (secondary N) is 1. The molecule has 1 heterocycles. The first-order valence-corrected chi connectivity index (χ1v) is 9.23. The fourth-order valence-electron chi connectivity index (χ4n) is 2.96. The van der Waals surface area contributed by atoms with E-state index in [1.54, 1.807) is 25.1 Å². The van der Waals surface area contributed by atoms with Crippen LogP contribution in [0.4, 0.5) is 0 Å². The van der Waals surface area contributed by atoms with Crippen molar-refractivity contribution in [2.24, 2.45) is 5.92 Å². The summed E-state index contributed by atoms with van der Waals surface area (Å²) in [5.41, 5.74) is 0.0615. The van der Waals surface area contributed by atoms with Crippen LogP contribution in [0.2, 0.25) is 5.02 Å². The van der Waals surface area contributed by atoms with Gasteiger partial charge in [-0.15, -0.1) is 0 Å². The van der Waals surface area contributed by atoms with Crippen LogP contribution in [0.5, 0.6) is 17.4 Å². The molecule has 140 valence electrons. The Hall–Kier alpha value is -2.28. The number of rotatable bonds is 7. The van der Waals surface area contributed by atoms with Gasteiger partial charge >= 0.3 is 5.97 Å². The molecule has 0 radical (unpaired) electrons. The highest BCUT2D eigenvalue weighted by atomic mass is 35.5. The molecular weight excluding hydrogens is 358 g/mol. The lowest BCUT2D eigenvalue weighted by Crippen LogP contribution is -2.15.